The Balaban J connectivity index is 2.63. The molecule has 0 aliphatic heterocycles. The van der Waals surface area contributed by atoms with E-state index < -0.39 is 10.0 Å². The average Bonchev–Trinajstić information content (AvgIpc) is 2.47. The van der Waals surface area contributed by atoms with Crippen LogP contribution in [0.3, 0.4) is 0 Å². The minimum absolute atomic E-state index is 0.210. The van der Waals surface area contributed by atoms with E-state index in [1.165, 1.54) is 6.20 Å². The Morgan fingerprint density at radius 3 is 2.55 bits per heavy atom. The Labute approximate surface area is 122 Å². The van der Waals surface area contributed by atoms with E-state index >= 15 is 0 Å². The number of hydrogen-bond donors (Lipinski definition) is 2. The van der Waals surface area contributed by atoms with Crippen LogP contribution in [0, 0.1) is 5.92 Å². The number of sulfonamides is 1. The largest absolute Gasteiger partial charge is 0.373 e. The quantitative estimate of drug-likeness (QED) is 0.735. The molecule has 6 heteroatoms. The van der Waals surface area contributed by atoms with Gasteiger partial charge in [0.25, 0.3) is 0 Å². The number of nitrogens with one attached hydrogen (secondary N) is 2. The number of anilines is 1. The van der Waals surface area contributed by atoms with Crippen molar-refractivity contribution in [3.8, 4) is 0 Å². The summed E-state index contributed by atoms with van der Waals surface area (Å²) in [5.74, 6) is 1.05. The fourth-order valence-corrected chi connectivity index (χ4v) is 3.00. The smallest absolute Gasteiger partial charge is 0.242 e. The fraction of sp³-hybridized carbons (Fsp3) is 0.643. The van der Waals surface area contributed by atoms with Gasteiger partial charge in [0.2, 0.25) is 10.0 Å². The second kappa shape index (κ2) is 8.21. The van der Waals surface area contributed by atoms with E-state index in [0.717, 1.165) is 25.7 Å². The predicted molar refractivity (Wildman–Crippen MR) is 82.3 cm³/mol. The summed E-state index contributed by atoms with van der Waals surface area (Å²) in [7, 11) is -1.71. The lowest BCUT2D eigenvalue weighted by atomic mass is 10.00. The zero-order chi connectivity index (χ0) is 15.0. The summed E-state index contributed by atoms with van der Waals surface area (Å²) in [5, 5.41) is 2.86. The molecule has 1 atom stereocenters. The number of rotatable bonds is 9. The Bertz CT molecular complexity index is 486. The van der Waals surface area contributed by atoms with E-state index in [4.69, 9.17) is 0 Å². The standard InChI is InChI=1S/C14H25N3O2S/c1-4-6-7-12(5-2)10-17-20(18,19)13-8-9-14(15-3)16-11-13/h8-9,11-12,17H,4-7,10H2,1-3H3,(H,15,16). The zero-order valence-electron chi connectivity index (χ0n) is 12.5. The molecule has 1 heterocycles. The molecule has 0 spiro atoms. The molecule has 0 radical (unpaired) electrons. The number of hydrogen-bond acceptors (Lipinski definition) is 4. The molecule has 0 bridgehead atoms. The van der Waals surface area contributed by atoms with Crippen LogP contribution in [-0.4, -0.2) is 27.0 Å². The van der Waals surface area contributed by atoms with Gasteiger partial charge in [0.05, 0.1) is 0 Å². The maximum absolute atomic E-state index is 12.2. The summed E-state index contributed by atoms with van der Waals surface area (Å²) in [6, 6.07) is 3.22. The van der Waals surface area contributed by atoms with Crippen LogP contribution in [0.2, 0.25) is 0 Å². The van der Waals surface area contributed by atoms with E-state index in [9.17, 15) is 8.42 Å². The molecule has 5 nitrogen and oxygen atoms in total. The van der Waals surface area contributed by atoms with Gasteiger partial charge in [-0.05, 0) is 24.5 Å². The van der Waals surface area contributed by atoms with E-state index in [0.29, 0.717) is 18.3 Å². The molecule has 1 unspecified atom stereocenters. The van der Waals surface area contributed by atoms with Crippen molar-refractivity contribution in [3.05, 3.63) is 18.3 Å². The molecule has 1 aromatic heterocycles. The molecule has 20 heavy (non-hydrogen) atoms. The van der Waals surface area contributed by atoms with E-state index in [-0.39, 0.29) is 4.90 Å². The molecule has 114 valence electrons. The number of pyridine rings is 1. The van der Waals surface area contributed by atoms with Crippen LogP contribution in [0.15, 0.2) is 23.2 Å². The van der Waals surface area contributed by atoms with Crippen LogP contribution in [0.4, 0.5) is 5.82 Å². The Hall–Kier alpha value is -1.14. The van der Waals surface area contributed by atoms with Crippen molar-refractivity contribution in [3.63, 3.8) is 0 Å². The Kier molecular flexibility index (Phi) is 6.95. The van der Waals surface area contributed by atoms with Crippen LogP contribution in [-0.2, 0) is 10.0 Å². The van der Waals surface area contributed by atoms with Gasteiger partial charge in [-0.3, -0.25) is 0 Å². The molecule has 2 N–H and O–H groups in total. The molecule has 0 aliphatic carbocycles. The van der Waals surface area contributed by atoms with Crippen LogP contribution < -0.4 is 10.0 Å². The maximum Gasteiger partial charge on any atom is 0.242 e. The lowest BCUT2D eigenvalue weighted by molar-refractivity contribution is 0.443. The molecular weight excluding hydrogens is 274 g/mol. The first kappa shape index (κ1) is 16.9. The lowest BCUT2D eigenvalue weighted by Crippen LogP contribution is -2.29. The highest BCUT2D eigenvalue weighted by molar-refractivity contribution is 7.89. The van der Waals surface area contributed by atoms with Crippen molar-refractivity contribution >= 4 is 15.8 Å². The first-order valence-corrected chi connectivity index (χ1v) is 8.65. The van der Waals surface area contributed by atoms with Gasteiger partial charge < -0.3 is 5.32 Å². The minimum atomic E-state index is -3.46. The van der Waals surface area contributed by atoms with Gasteiger partial charge in [0.15, 0.2) is 0 Å². The third-order valence-corrected chi connectivity index (χ3v) is 4.82. The third-order valence-electron chi connectivity index (χ3n) is 3.41. The molecule has 0 aromatic carbocycles. The van der Waals surface area contributed by atoms with E-state index in [1.54, 1.807) is 19.2 Å². The number of aromatic nitrogens is 1. The molecule has 0 saturated heterocycles. The van der Waals surface area contributed by atoms with Crippen LogP contribution in [0.1, 0.15) is 39.5 Å². The SMILES string of the molecule is CCCCC(CC)CNS(=O)(=O)c1ccc(NC)nc1. The van der Waals surface area contributed by atoms with Crippen molar-refractivity contribution in [2.75, 3.05) is 18.9 Å². The highest BCUT2D eigenvalue weighted by atomic mass is 32.2. The molecule has 0 saturated carbocycles. The van der Waals surface area contributed by atoms with Gasteiger partial charge in [-0.2, -0.15) is 0 Å². The summed E-state index contributed by atoms with van der Waals surface area (Å²) in [6.45, 7) is 4.73. The monoisotopic (exact) mass is 299 g/mol. The Morgan fingerprint density at radius 2 is 2.05 bits per heavy atom. The molecule has 0 fully saturated rings. The molecule has 0 aliphatic rings. The first-order valence-electron chi connectivity index (χ1n) is 7.17. The van der Waals surface area contributed by atoms with Crippen LogP contribution in [0.25, 0.3) is 0 Å². The van der Waals surface area contributed by atoms with Gasteiger partial charge >= 0.3 is 0 Å². The van der Waals surface area contributed by atoms with Crippen molar-refractivity contribution in [1.29, 1.82) is 0 Å². The normalized spacial score (nSPS) is 13.2. The molecule has 1 aromatic rings. The van der Waals surface area contributed by atoms with E-state index in [2.05, 4.69) is 28.9 Å². The lowest BCUT2D eigenvalue weighted by Gasteiger charge is -2.15. The minimum Gasteiger partial charge on any atom is -0.373 e. The van der Waals surface area contributed by atoms with Crippen molar-refractivity contribution in [2.45, 2.75) is 44.4 Å². The van der Waals surface area contributed by atoms with Gasteiger partial charge in [-0.15, -0.1) is 0 Å². The highest BCUT2D eigenvalue weighted by Gasteiger charge is 2.16. The molecular formula is C14H25N3O2S. The average molecular weight is 299 g/mol. The van der Waals surface area contributed by atoms with Crippen molar-refractivity contribution in [1.82, 2.24) is 9.71 Å². The second-order valence-corrected chi connectivity index (χ2v) is 6.66. The van der Waals surface area contributed by atoms with Crippen molar-refractivity contribution < 1.29 is 8.42 Å². The van der Waals surface area contributed by atoms with Gasteiger partial charge in [0, 0.05) is 19.8 Å². The van der Waals surface area contributed by atoms with Gasteiger partial charge in [0.1, 0.15) is 10.7 Å². The zero-order valence-corrected chi connectivity index (χ0v) is 13.3. The van der Waals surface area contributed by atoms with Crippen LogP contribution >= 0.6 is 0 Å². The Morgan fingerprint density at radius 1 is 1.30 bits per heavy atom. The molecule has 0 amide bonds. The number of nitrogens with zero attached hydrogens (tertiary/aromatic N) is 1. The van der Waals surface area contributed by atoms with Gasteiger partial charge in [-0.1, -0.05) is 33.1 Å². The highest BCUT2D eigenvalue weighted by Crippen LogP contribution is 2.14. The summed E-state index contributed by atoms with van der Waals surface area (Å²) in [4.78, 5) is 4.24. The second-order valence-electron chi connectivity index (χ2n) is 4.90. The maximum atomic E-state index is 12.2. The summed E-state index contributed by atoms with van der Waals surface area (Å²) in [5.41, 5.74) is 0. The fourth-order valence-electron chi connectivity index (χ4n) is 1.94. The summed E-state index contributed by atoms with van der Waals surface area (Å²) >= 11 is 0. The first-order chi connectivity index (χ1) is 9.53. The van der Waals surface area contributed by atoms with Crippen LogP contribution in [0.5, 0.6) is 0 Å². The predicted octanol–water partition coefficient (Wildman–Crippen LogP) is 2.62. The van der Waals surface area contributed by atoms with E-state index in [1.807, 2.05) is 0 Å². The summed E-state index contributed by atoms with van der Waals surface area (Å²) < 4.78 is 27.0. The topological polar surface area (TPSA) is 71.1 Å². The summed E-state index contributed by atoms with van der Waals surface area (Å²) in [6.07, 6.45) is 5.70. The van der Waals surface area contributed by atoms with Crippen molar-refractivity contribution in [2.24, 2.45) is 5.92 Å². The number of unbranched alkanes of at least 4 members (excludes halogenated alkanes) is 1. The molecule has 1 rings (SSSR count). The van der Waals surface area contributed by atoms with Gasteiger partial charge in [-0.25, -0.2) is 18.1 Å². The third kappa shape index (κ3) is 5.09.